The van der Waals surface area contributed by atoms with Gasteiger partial charge in [0, 0.05) is 27.7 Å². The molecule has 0 aromatic heterocycles. The Kier molecular flexibility index (Phi) is 7.18. The van der Waals surface area contributed by atoms with Gasteiger partial charge in [-0.05, 0) is 55.5 Å². The zero-order valence-corrected chi connectivity index (χ0v) is 15.5. The van der Waals surface area contributed by atoms with Gasteiger partial charge in [-0.3, -0.25) is 14.4 Å². The van der Waals surface area contributed by atoms with Gasteiger partial charge in [-0.1, -0.05) is 23.2 Å². The molecule has 0 radical (unpaired) electrons. The normalized spacial score (nSPS) is 11.5. The summed E-state index contributed by atoms with van der Waals surface area (Å²) in [6, 6.07) is 13.0. The van der Waals surface area contributed by atoms with E-state index in [1.165, 1.54) is 6.92 Å². The van der Waals surface area contributed by atoms with Gasteiger partial charge in [-0.15, -0.1) is 0 Å². The van der Waals surface area contributed by atoms with Crippen molar-refractivity contribution in [2.75, 3.05) is 5.32 Å². The summed E-state index contributed by atoms with van der Waals surface area (Å²) in [5.74, 6) is -1.28. The van der Waals surface area contributed by atoms with Crippen molar-refractivity contribution in [1.82, 2.24) is 0 Å². The number of carbonyl (C=O) groups excluding carboxylic acids is 3. The minimum Gasteiger partial charge on any atom is -0.453 e. The molecule has 26 heavy (non-hydrogen) atoms. The number of amides is 1. The standard InChI is InChI=1S/C19H17Cl2NO4/c1-12(19(25)22-16-8-6-15(21)7-9-16)26-18(24)11-10-17(23)13-2-4-14(20)5-3-13/h2-9,12H,10-11H2,1H3,(H,22,25)/t12-/m1/s1. The Morgan fingerprint density at radius 3 is 2.04 bits per heavy atom. The smallest absolute Gasteiger partial charge is 0.307 e. The molecule has 0 aliphatic heterocycles. The lowest BCUT2D eigenvalue weighted by Crippen LogP contribution is -2.30. The van der Waals surface area contributed by atoms with E-state index in [4.69, 9.17) is 27.9 Å². The lowest BCUT2D eigenvalue weighted by molar-refractivity contribution is -0.153. The SMILES string of the molecule is C[C@@H](OC(=O)CCC(=O)c1ccc(Cl)cc1)C(=O)Nc1ccc(Cl)cc1. The fourth-order valence-electron chi connectivity index (χ4n) is 2.08. The first-order valence-electron chi connectivity index (χ1n) is 7.90. The number of esters is 1. The number of halogens is 2. The summed E-state index contributed by atoms with van der Waals surface area (Å²) in [6.07, 6.45) is -1.10. The zero-order valence-electron chi connectivity index (χ0n) is 14.0. The van der Waals surface area contributed by atoms with Crippen molar-refractivity contribution < 1.29 is 19.1 Å². The molecule has 0 bridgehead atoms. The van der Waals surface area contributed by atoms with Crippen LogP contribution in [0.5, 0.6) is 0 Å². The number of ketones is 1. The highest BCUT2D eigenvalue weighted by molar-refractivity contribution is 6.31. The van der Waals surface area contributed by atoms with Crippen molar-refractivity contribution >= 4 is 46.5 Å². The fourth-order valence-corrected chi connectivity index (χ4v) is 2.33. The molecular weight excluding hydrogens is 377 g/mol. The molecule has 1 atom stereocenters. The van der Waals surface area contributed by atoms with E-state index in [1.807, 2.05) is 0 Å². The maximum Gasteiger partial charge on any atom is 0.307 e. The van der Waals surface area contributed by atoms with Crippen molar-refractivity contribution in [3.63, 3.8) is 0 Å². The van der Waals surface area contributed by atoms with E-state index >= 15 is 0 Å². The Hall–Kier alpha value is -2.37. The molecule has 2 aromatic carbocycles. The van der Waals surface area contributed by atoms with Crippen LogP contribution in [0.4, 0.5) is 5.69 Å². The van der Waals surface area contributed by atoms with Gasteiger partial charge in [-0.2, -0.15) is 0 Å². The lowest BCUT2D eigenvalue weighted by atomic mass is 10.1. The van der Waals surface area contributed by atoms with Crippen molar-refractivity contribution in [3.8, 4) is 0 Å². The topological polar surface area (TPSA) is 72.5 Å². The molecule has 0 saturated heterocycles. The van der Waals surface area contributed by atoms with Crippen LogP contribution in [-0.4, -0.2) is 23.8 Å². The minimum atomic E-state index is -0.983. The molecule has 2 rings (SSSR count). The first-order valence-corrected chi connectivity index (χ1v) is 8.65. The number of hydrogen-bond acceptors (Lipinski definition) is 4. The van der Waals surface area contributed by atoms with E-state index in [-0.39, 0.29) is 18.6 Å². The first-order chi connectivity index (χ1) is 12.3. The van der Waals surface area contributed by atoms with E-state index in [1.54, 1.807) is 48.5 Å². The van der Waals surface area contributed by atoms with E-state index in [0.717, 1.165) is 0 Å². The number of nitrogens with one attached hydrogen (secondary N) is 1. The second-order valence-electron chi connectivity index (χ2n) is 5.56. The van der Waals surface area contributed by atoms with Crippen LogP contribution >= 0.6 is 23.2 Å². The largest absolute Gasteiger partial charge is 0.453 e. The van der Waals surface area contributed by atoms with Crippen LogP contribution in [0.25, 0.3) is 0 Å². The van der Waals surface area contributed by atoms with E-state index < -0.39 is 18.0 Å². The molecule has 0 fully saturated rings. The van der Waals surface area contributed by atoms with E-state index in [2.05, 4.69) is 5.32 Å². The number of benzene rings is 2. The summed E-state index contributed by atoms with van der Waals surface area (Å²) in [5.41, 5.74) is 1.01. The summed E-state index contributed by atoms with van der Waals surface area (Å²) in [4.78, 5) is 35.9. The van der Waals surface area contributed by atoms with E-state index in [0.29, 0.717) is 21.3 Å². The Morgan fingerprint density at radius 1 is 0.923 bits per heavy atom. The fraction of sp³-hybridized carbons (Fsp3) is 0.211. The summed E-state index contributed by atoms with van der Waals surface area (Å²) < 4.78 is 5.06. The molecule has 7 heteroatoms. The number of ether oxygens (including phenoxy) is 1. The molecule has 5 nitrogen and oxygen atoms in total. The van der Waals surface area contributed by atoms with Gasteiger partial charge in [-0.25, -0.2) is 0 Å². The molecule has 0 aliphatic carbocycles. The van der Waals surface area contributed by atoms with Crippen LogP contribution < -0.4 is 5.32 Å². The molecule has 0 spiro atoms. The quantitative estimate of drug-likeness (QED) is 0.553. The monoisotopic (exact) mass is 393 g/mol. The summed E-state index contributed by atoms with van der Waals surface area (Å²) in [5, 5.41) is 3.69. The first kappa shape index (κ1) is 19.9. The maximum atomic E-state index is 12.0. The van der Waals surface area contributed by atoms with Crippen molar-refractivity contribution in [3.05, 3.63) is 64.1 Å². The zero-order chi connectivity index (χ0) is 19.1. The molecular formula is C19H17Cl2NO4. The maximum absolute atomic E-state index is 12.0. The third kappa shape index (κ3) is 6.17. The van der Waals surface area contributed by atoms with Crippen LogP contribution in [0.3, 0.4) is 0 Å². The predicted molar refractivity (Wildman–Crippen MR) is 101 cm³/mol. The minimum absolute atomic E-state index is 0.00795. The molecule has 0 unspecified atom stereocenters. The lowest BCUT2D eigenvalue weighted by Gasteiger charge is -2.13. The van der Waals surface area contributed by atoms with Gasteiger partial charge in [0.25, 0.3) is 5.91 Å². The van der Waals surface area contributed by atoms with Gasteiger partial charge in [0.05, 0.1) is 6.42 Å². The Balaban J connectivity index is 1.79. The van der Waals surface area contributed by atoms with Crippen LogP contribution in [0.2, 0.25) is 10.0 Å². The van der Waals surface area contributed by atoms with Crippen molar-refractivity contribution in [1.29, 1.82) is 0 Å². The van der Waals surface area contributed by atoms with Gasteiger partial charge < -0.3 is 10.1 Å². The number of hydrogen-bond donors (Lipinski definition) is 1. The average molecular weight is 394 g/mol. The number of carbonyl (C=O) groups is 3. The third-order valence-corrected chi connectivity index (χ3v) is 4.02. The Morgan fingerprint density at radius 2 is 1.46 bits per heavy atom. The van der Waals surface area contributed by atoms with E-state index in [9.17, 15) is 14.4 Å². The molecule has 1 amide bonds. The molecule has 0 saturated carbocycles. The third-order valence-electron chi connectivity index (χ3n) is 3.51. The Labute approximate surface area is 161 Å². The highest BCUT2D eigenvalue weighted by Crippen LogP contribution is 2.15. The van der Waals surface area contributed by atoms with Crippen LogP contribution in [-0.2, 0) is 14.3 Å². The highest BCUT2D eigenvalue weighted by atomic mass is 35.5. The molecule has 136 valence electrons. The summed E-state index contributed by atoms with van der Waals surface area (Å²) >= 11 is 11.5. The second kappa shape index (κ2) is 9.36. The number of anilines is 1. The van der Waals surface area contributed by atoms with Gasteiger partial charge in [0.15, 0.2) is 11.9 Å². The molecule has 1 N–H and O–H groups in total. The van der Waals surface area contributed by atoms with Gasteiger partial charge in [0.2, 0.25) is 0 Å². The summed E-state index contributed by atoms with van der Waals surface area (Å²) in [7, 11) is 0. The van der Waals surface area contributed by atoms with Crippen molar-refractivity contribution in [2.45, 2.75) is 25.9 Å². The van der Waals surface area contributed by atoms with Crippen LogP contribution in [0.1, 0.15) is 30.1 Å². The summed E-state index contributed by atoms with van der Waals surface area (Å²) in [6.45, 7) is 1.46. The van der Waals surface area contributed by atoms with Gasteiger partial charge in [0.1, 0.15) is 0 Å². The van der Waals surface area contributed by atoms with Crippen molar-refractivity contribution in [2.24, 2.45) is 0 Å². The molecule has 0 aliphatic rings. The molecule has 0 heterocycles. The molecule has 2 aromatic rings. The number of Topliss-reactive ketones (excluding diaryl/α,β-unsaturated/α-hetero) is 1. The van der Waals surface area contributed by atoms with Gasteiger partial charge >= 0.3 is 5.97 Å². The highest BCUT2D eigenvalue weighted by Gasteiger charge is 2.19. The Bertz CT molecular complexity index is 788. The predicted octanol–water partition coefficient (Wildman–Crippen LogP) is 4.53. The van der Waals surface area contributed by atoms with Crippen LogP contribution in [0, 0.1) is 0 Å². The average Bonchev–Trinajstić information content (AvgIpc) is 2.62. The second-order valence-corrected chi connectivity index (χ2v) is 6.43. The van der Waals surface area contributed by atoms with Crippen LogP contribution in [0.15, 0.2) is 48.5 Å². The number of rotatable bonds is 7.